The summed E-state index contributed by atoms with van der Waals surface area (Å²) in [6.45, 7) is 4.85. The summed E-state index contributed by atoms with van der Waals surface area (Å²) in [5, 5.41) is 2.98. The number of fused-ring (bicyclic) bond motifs is 1. The quantitative estimate of drug-likeness (QED) is 0.794. The normalized spacial score (nSPS) is 15.1. The van der Waals surface area contributed by atoms with Crippen LogP contribution in [0.2, 0.25) is 0 Å². The van der Waals surface area contributed by atoms with Gasteiger partial charge in [-0.25, -0.2) is 0 Å². The maximum atomic E-state index is 12.8. The van der Waals surface area contributed by atoms with Crippen molar-refractivity contribution in [1.82, 2.24) is 15.1 Å². The predicted octanol–water partition coefficient (Wildman–Crippen LogP) is 0.985. The number of nitrogens with one attached hydrogen (secondary N) is 1. The van der Waals surface area contributed by atoms with E-state index >= 15 is 0 Å². The largest absolute Gasteiger partial charge is 0.343 e. The molecule has 0 saturated carbocycles. The van der Waals surface area contributed by atoms with Gasteiger partial charge in [0.25, 0.3) is 11.8 Å². The van der Waals surface area contributed by atoms with Crippen LogP contribution in [0.15, 0.2) is 24.3 Å². The maximum Gasteiger partial charge on any atom is 0.262 e. The fourth-order valence-electron chi connectivity index (χ4n) is 2.77. The topological polar surface area (TPSA) is 69.7 Å². The minimum absolute atomic E-state index is 0.165. The highest BCUT2D eigenvalue weighted by atomic mass is 16.2. The van der Waals surface area contributed by atoms with Gasteiger partial charge in [0.2, 0.25) is 5.91 Å². The van der Waals surface area contributed by atoms with Crippen molar-refractivity contribution in [3.63, 3.8) is 0 Å². The van der Waals surface area contributed by atoms with Crippen LogP contribution in [0, 0.1) is 5.92 Å². The molecule has 0 aromatic heterocycles. The standard InChI is InChI=1S/C17H23N3O3/c1-11(2)14(17(23)19(4)10-9-18-3)20-15(21)12-7-5-6-8-13(12)16(20)22/h5-8,11,14,18H,9-10H2,1-4H3. The van der Waals surface area contributed by atoms with Gasteiger partial charge in [-0.1, -0.05) is 26.0 Å². The predicted molar refractivity (Wildman–Crippen MR) is 87.1 cm³/mol. The third kappa shape index (κ3) is 3.12. The van der Waals surface area contributed by atoms with Gasteiger partial charge in [0, 0.05) is 20.1 Å². The average Bonchev–Trinajstić information content (AvgIpc) is 2.78. The molecule has 1 aliphatic heterocycles. The number of hydrogen-bond acceptors (Lipinski definition) is 4. The highest BCUT2D eigenvalue weighted by molar-refractivity contribution is 6.22. The maximum absolute atomic E-state index is 12.8. The number of carbonyl (C=O) groups excluding carboxylic acids is 3. The minimum atomic E-state index is -0.788. The summed E-state index contributed by atoms with van der Waals surface area (Å²) in [5.74, 6) is -1.16. The molecular weight excluding hydrogens is 294 g/mol. The van der Waals surface area contributed by atoms with Gasteiger partial charge in [-0.2, -0.15) is 0 Å². The van der Waals surface area contributed by atoms with Crippen LogP contribution in [0.3, 0.4) is 0 Å². The molecule has 2 rings (SSSR count). The lowest BCUT2D eigenvalue weighted by Gasteiger charge is -2.31. The third-order valence-corrected chi connectivity index (χ3v) is 4.06. The van der Waals surface area contributed by atoms with Crippen LogP contribution in [-0.4, -0.2) is 60.7 Å². The Hall–Kier alpha value is -2.21. The first-order chi connectivity index (χ1) is 10.9. The van der Waals surface area contributed by atoms with Gasteiger partial charge in [-0.3, -0.25) is 19.3 Å². The van der Waals surface area contributed by atoms with Crippen LogP contribution in [0.1, 0.15) is 34.6 Å². The van der Waals surface area contributed by atoms with E-state index in [-0.39, 0.29) is 23.6 Å². The molecule has 0 radical (unpaired) electrons. The molecule has 0 spiro atoms. The zero-order valence-electron chi connectivity index (χ0n) is 14.0. The lowest BCUT2D eigenvalue weighted by Crippen LogP contribution is -2.53. The van der Waals surface area contributed by atoms with E-state index in [1.165, 1.54) is 0 Å². The number of imide groups is 1. The Morgan fingerprint density at radius 3 is 2.13 bits per heavy atom. The number of nitrogens with zero attached hydrogens (tertiary/aromatic N) is 2. The minimum Gasteiger partial charge on any atom is -0.343 e. The van der Waals surface area contributed by atoms with E-state index in [2.05, 4.69) is 5.32 Å². The second-order valence-electron chi connectivity index (χ2n) is 6.08. The van der Waals surface area contributed by atoms with Crippen LogP contribution in [-0.2, 0) is 4.79 Å². The van der Waals surface area contributed by atoms with E-state index in [0.29, 0.717) is 24.2 Å². The van der Waals surface area contributed by atoms with E-state index < -0.39 is 6.04 Å². The Morgan fingerprint density at radius 1 is 1.17 bits per heavy atom. The van der Waals surface area contributed by atoms with Crippen LogP contribution < -0.4 is 5.32 Å². The summed E-state index contributed by atoms with van der Waals surface area (Å²) in [6.07, 6.45) is 0. The summed E-state index contributed by atoms with van der Waals surface area (Å²) in [6, 6.07) is 5.91. The molecule has 1 atom stereocenters. The Labute approximate surface area is 136 Å². The van der Waals surface area contributed by atoms with Gasteiger partial charge in [0.15, 0.2) is 0 Å². The van der Waals surface area contributed by atoms with Crippen molar-refractivity contribution in [2.75, 3.05) is 27.2 Å². The first kappa shape index (κ1) is 17.1. The number of benzene rings is 1. The van der Waals surface area contributed by atoms with Crippen LogP contribution >= 0.6 is 0 Å². The SMILES string of the molecule is CNCCN(C)C(=O)C(C(C)C)N1C(=O)c2ccccc2C1=O. The Balaban J connectivity index is 2.31. The zero-order valence-corrected chi connectivity index (χ0v) is 14.0. The number of likely N-dealkylation sites (N-methyl/N-ethyl adjacent to an activating group) is 2. The molecule has 6 heteroatoms. The molecule has 1 aromatic rings. The lowest BCUT2D eigenvalue weighted by atomic mass is 10.0. The number of amides is 3. The van der Waals surface area contributed by atoms with Gasteiger partial charge < -0.3 is 10.2 Å². The number of rotatable bonds is 6. The fraction of sp³-hybridized carbons (Fsp3) is 0.471. The third-order valence-electron chi connectivity index (χ3n) is 4.06. The van der Waals surface area contributed by atoms with Crippen molar-refractivity contribution < 1.29 is 14.4 Å². The van der Waals surface area contributed by atoms with Crippen molar-refractivity contribution in [2.45, 2.75) is 19.9 Å². The molecule has 0 bridgehead atoms. The zero-order chi connectivity index (χ0) is 17.1. The van der Waals surface area contributed by atoms with Gasteiger partial charge in [-0.05, 0) is 25.1 Å². The van der Waals surface area contributed by atoms with E-state index in [4.69, 9.17) is 0 Å². The summed E-state index contributed by atoms with van der Waals surface area (Å²) in [4.78, 5) is 40.7. The van der Waals surface area contributed by atoms with Crippen molar-refractivity contribution in [2.24, 2.45) is 5.92 Å². The lowest BCUT2D eigenvalue weighted by molar-refractivity contribution is -0.135. The molecule has 1 N–H and O–H groups in total. The van der Waals surface area contributed by atoms with Crippen molar-refractivity contribution in [3.05, 3.63) is 35.4 Å². The molecule has 6 nitrogen and oxygen atoms in total. The van der Waals surface area contributed by atoms with E-state index in [1.54, 1.807) is 36.2 Å². The summed E-state index contributed by atoms with van der Waals surface area (Å²) in [5.41, 5.74) is 0.739. The van der Waals surface area contributed by atoms with Crippen molar-refractivity contribution in [1.29, 1.82) is 0 Å². The molecule has 3 amide bonds. The highest BCUT2D eigenvalue weighted by Gasteiger charge is 2.44. The average molecular weight is 317 g/mol. The van der Waals surface area contributed by atoms with Crippen molar-refractivity contribution in [3.8, 4) is 0 Å². The molecular formula is C17H23N3O3. The van der Waals surface area contributed by atoms with Crippen LogP contribution in [0.4, 0.5) is 0 Å². The summed E-state index contributed by atoms with van der Waals surface area (Å²) in [7, 11) is 3.50. The molecule has 0 aliphatic carbocycles. The van der Waals surface area contributed by atoms with E-state index in [0.717, 1.165) is 4.90 Å². The van der Waals surface area contributed by atoms with E-state index in [9.17, 15) is 14.4 Å². The van der Waals surface area contributed by atoms with Gasteiger partial charge in [0.05, 0.1) is 11.1 Å². The molecule has 1 aliphatic rings. The van der Waals surface area contributed by atoms with E-state index in [1.807, 2.05) is 20.9 Å². The number of hydrogen-bond donors (Lipinski definition) is 1. The Bertz CT molecular complexity index is 592. The molecule has 23 heavy (non-hydrogen) atoms. The van der Waals surface area contributed by atoms with Crippen LogP contribution in [0.5, 0.6) is 0 Å². The monoisotopic (exact) mass is 317 g/mol. The molecule has 0 fully saturated rings. The van der Waals surface area contributed by atoms with Crippen LogP contribution in [0.25, 0.3) is 0 Å². The molecule has 0 saturated heterocycles. The fourth-order valence-corrected chi connectivity index (χ4v) is 2.77. The molecule has 1 unspecified atom stereocenters. The molecule has 1 aromatic carbocycles. The highest BCUT2D eigenvalue weighted by Crippen LogP contribution is 2.27. The van der Waals surface area contributed by atoms with Gasteiger partial charge in [-0.15, -0.1) is 0 Å². The van der Waals surface area contributed by atoms with Gasteiger partial charge >= 0.3 is 0 Å². The first-order valence-corrected chi connectivity index (χ1v) is 7.76. The smallest absolute Gasteiger partial charge is 0.262 e. The Morgan fingerprint density at radius 2 is 1.70 bits per heavy atom. The Kier molecular flexibility index (Phi) is 5.15. The summed E-state index contributed by atoms with van der Waals surface area (Å²) >= 11 is 0. The first-order valence-electron chi connectivity index (χ1n) is 7.76. The molecule has 1 heterocycles. The van der Waals surface area contributed by atoms with Gasteiger partial charge in [0.1, 0.15) is 6.04 Å². The summed E-state index contributed by atoms with van der Waals surface area (Å²) < 4.78 is 0. The second-order valence-corrected chi connectivity index (χ2v) is 6.08. The second kappa shape index (κ2) is 6.91. The van der Waals surface area contributed by atoms with Crippen molar-refractivity contribution >= 4 is 17.7 Å². The number of carbonyl (C=O) groups is 3. The molecule has 124 valence electrons.